The zero-order valence-corrected chi connectivity index (χ0v) is 19.9. The molecule has 0 bridgehead atoms. The van der Waals surface area contributed by atoms with Gasteiger partial charge in [0.1, 0.15) is 0 Å². The van der Waals surface area contributed by atoms with E-state index in [9.17, 15) is 4.79 Å². The van der Waals surface area contributed by atoms with Gasteiger partial charge >= 0.3 is 6.03 Å². The SMILES string of the molecule is CCc1ccccc1NC(=O)N1Cc2ccccc2-n2cccc2C1c1ccc(N(C)C)cc1. The van der Waals surface area contributed by atoms with Crippen LogP contribution in [0.4, 0.5) is 16.2 Å². The van der Waals surface area contributed by atoms with Crippen LogP contribution in [-0.2, 0) is 13.0 Å². The average molecular weight is 451 g/mol. The van der Waals surface area contributed by atoms with Crippen LogP contribution in [0.1, 0.15) is 35.3 Å². The lowest BCUT2D eigenvalue weighted by molar-refractivity contribution is 0.194. The van der Waals surface area contributed by atoms with Gasteiger partial charge in [-0.25, -0.2) is 4.79 Å². The Morgan fingerprint density at radius 3 is 2.44 bits per heavy atom. The van der Waals surface area contributed by atoms with Crippen molar-refractivity contribution in [2.75, 3.05) is 24.3 Å². The molecular weight excluding hydrogens is 420 g/mol. The lowest BCUT2D eigenvalue weighted by atomic mass is 10.0. The molecule has 1 aliphatic rings. The normalized spacial score (nSPS) is 14.7. The van der Waals surface area contributed by atoms with Crippen molar-refractivity contribution in [1.29, 1.82) is 0 Å². The van der Waals surface area contributed by atoms with Crippen molar-refractivity contribution in [2.45, 2.75) is 25.9 Å². The van der Waals surface area contributed by atoms with Gasteiger partial charge in [-0.15, -0.1) is 0 Å². The van der Waals surface area contributed by atoms with Gasteiger partial charge in [-0.3, -0.25) is 0 Å². The van der Waals surface area contributed by atoms with Gasteiger partial charge in [-0.2, -0.15) is 0 Å². The Balaban J connectivity index is 1.62. The number of nitrogens with one attached hydrogen (secondary N) is 1. The fraction of sp³-hybridized carbons (Fsp3) is 0.207. The number of hydrogen-bond donors (Lipinski definition) is 1. The molecule has 1 unspecified atom stereocenters. The molecule has 0 radical (unpaired) electrons. The number of hydrogen-bond acceptors (Lipinski definition) is 2. The summed E-state index contributed by atoms with van der Waals surface area (Å²) in [6, 6.07) is 28.7. The number of nitrogens with zero attached hydrogens (tertiary/aromatic N) is 3. The number of aryl methyl sites for hydroxylation is 1. The number of fused-ring (bicyclic) bond motifs is 3. The predicted octanol–water partition coefficient (Wildman–Crippen LogP) is 6.24. The first-order valence-corrected chi connectivity index (χ1v) is 11.7. The highest BCUT2D eigenvalue weighted by atomic mass is 16.2. The Kier molecular flexibility index (Phi) is 5.84. The minimum atomic E-state index is -0.229. The first-order chi connectivity index (χ1) is 16.6. The van der Waals surface area contributed by atoms with E-state index in [0.717, 1.165) is 45.9 Å². The summed E-state index contributed by atoms with van der Waals surface area (Å²) >= 11 is 0. The number of carbonyl (C=O) groups is 1. The van der Waals surface area contributed by atoms with E-state index < -0.39 is 0 Å². The summed E-state index contributed by atoms with van der Waals surface area (Å²) < 4.78 is 2.22. The summed E-state index contributed by atoms with van der Waals surface area (Å²) in [6.07, 6.45) is 2.95. The Labute approximate surface area is 201 Å². The fourth-order valence-corrected chi connectivity index (χ4v) is 4.78. The zero-order chi connectivity index (χ0) is 23.7. The second kappa shape index (κ2) is 9.10. The minimum absolute atomic E-state index is 0.105. The Morgan fingerprint density at radius 1 is 0.941 bits per heavy atom. The molecule has 0 spiro atoms. The van der Waals surface area contributed by atoms with Gasteiger partial charge in [0.25, 0.3) is 0 Å². The summed E-state index contributed by atoms with van der Waals surface area (Å²) in [7, 11) is 4.07. The molecule has 2 amide bonds. The molecule has 0 saturated heterocycles. The van der Waals surface area contributed by atoms with E-state index in [1.807, 2.05) is 43.3 Å². The maximum atomic E-state index is 13.9. The van der Waals surface area contributed by atoms with E-state index in [2.05, 4.69) is 88.6 Å². The number of amides is 2. The molecule has 3 aromatic carbocycles. The molecule has 2 heterocycles. The van der Waals surface area contributed by atoms with Crippen LogP contribution in [-0.4, -0.2) is 29.6 Å². The molecule has 0 aliphatic carbocycles. The van der Waals surface area contributed by atoms with Crippen LogP contribution < -0.4 is 10.2 Å². The van der Waals surface area contributed by atoms with Crippen LogP contribution in [0.5, 0.6) is 0 Å². The highest BCUT2D eigenvalue weighted by molar-refractivity contribution is 5.91. The van der Waals surface area contributed by atoms with Crippen molar-refractivity contribution in [3.05, 3.63) is 114 Å². The molecule has 5 heteroatoms. The molecule has 0 fully saturated rings. The van der Waals surface area contributed by atoms with Crippen molar-refractivity contribution >= 4 is 17.4 Å². The monoisotopic (exact) mass is 450 g/mol. The van der Waals surface area contributed by atoms with Gasteiger partial charge in [-0.1, -0.05) is 55.5 Å². The third kappa shape index (κ3) is 3.94. The number of aromatic nitrogens is 1. The third-order valence-electron chi connectivity index (χ3n) is 6.59. The largest absolute Gasteiger partial charge is 0.378 e. The summed E-state index contributed by atoms with van der Waals surface area (Å²) in [5.74, 6) is 0. The highest BCUT2D eigenvalue weighted by Gasteiger charge is 2.33. The van der Waals surface area contributed by atoms with Crippen molar-refractivity contribution in [3.8, 4) is 5.69 Å². The molecular formula is C29H30N4O. The molecule has 1 aliphatic heterocycles. The van der Waals surface area contributed by atoms with Crippen LogP contribution in [0, 0.1) is 0 Å². The van der Waals surface area contributed by atoms with E-state index >= 15 is 0 Å². The quantitative estimate of drug-likeness (QED) is 0.400. The molecule has 1 atom stereocenters. The zero-order valence-electron chi connectivity index (χ0n) is 19.9. The third-order valence-corrected chi connectivity index (χ3v) is 6.59. The van der Waals surface area contributed by atoms with Gasteiger partial charge < -0.3 is 19.7 Å². The maximum absolute atomic E-state index is 13.9. The van der Waals surface area contributed by atoms with Crippen LogP contribution in [0.2, 0.25) is 0 Å². The first-order valence-electron chi connectivity index (χ1n) is 11.7. The Hall–Kier alpha value is -3.99. The van der Waals surface area contributed by atoms with Gasteiger partial charge in [0.05, 0.1) is 18.3 Å². The van der Waals surface area contributed by atoms with E-state index in [0.29, 0.717) is 6.54 Å². The first kappa shape index (κ1) is 21.8. The standard InChI is InChI=1S/C29H30N4O/c1-4-21-10-5-7-12-25(21)30-29(34)33-20-23-11-6-8-13-26(23)32-19-9-14-27(32)28(33)22-15-17-24(18-16-22)31(2)3/h5-19,28H,4,20H2,1-3H3,(H,30,34). The van der Waals surface area contributed by atoms with E-state index in [1.54, 1.807) is 0 Å². The van der Waals surface area contributed by atoms with E-state index in [1.165, 1.54) is 0 Å². The Morgan fingerprint density at radius 2 is 1.68 bits per heavy atom. The fourth-order valence-electron chi connectivity index (χ4n) is 4.78. The van der Waals surface area contributed by atoms with Gasteiger partial charge in [0, 0.05) is 37.4 Å². The molecule has 5 rings (SSSR count). The van der Waals surface area contributed by atoms with Crippen molar-refractivity contribution in [2.24, 2.45) is 0 Å². The van der Waals surface area contributed by atoms with E-state index in [-0.39, 0.29) is 12.1 Å². The summed E-state index contributed by atoms with van der Waals surface area (Å²) in [5.41, 5.74) is 7.50. The number of rotatable bonds is 4. The smallest absolute Gasteiger partial charge is 0.322 e. The van der Waals surface area contributed by atoms with Crippen molar-refractivity contribution in [3.63, 3.8) is 0 Å². The molecule has 172 valence electrons. The second-order valence-electron chi connectivity index (χ2n) is 8.89. The topological polar surface area (TPSA) is 40.5 Å². The highest BCUT2D eigenvalue weighted by Crippen LogP contribution is 2.37. The summed E-state index contributed by atoms with van der Waals surface area (Å²) in [5, 5.41) is 3.21. The number of urea groups is 1. The van der Waals surface area contributed by atoms with Crippen molar-refractivity contribution in [1.82, 2.24) is 9.47 Å². The maximum Gasteiger partial charge on any atom is 0.322 e. The lowest BCUT2D eigenvalue weighted by Gasteiger charge is -2.31. The van der Waals surface area contributed by atoms with Crippen LogP contribution in [0.15, 0.2) is 91.1 Å². The number of anilines is 2. The van der Waals surface area contributed by atoms with Crippen LogP contribution in [0.25, 0.3) is 5.69 Å². The molecule has 34 heavy (non-hydrogen) atoms. The lowest BCUT2D eigenvalue weighted by Crippen LogP contribution is -2.38. The van der Waals surface area contributed by atoms with Crippen molar-refractivity contribution < 1.29 is 4.79 Å². The van der Waals surface area contributed by atoms with Gasteiger partial charge in [0.15, 0.2) is 0 Å². The molecule has 5 nitrogen and oxygen atoms in total. The number of para-hydroxylation sites is 2. The van der Waals surface area contributed by atoms with Crippen LogP contribution >= 0.6 is 0 Å². The average Bonchev–Trinajstić information content (AvgIpc) is 3.28. The number of benzene rings is 3. The molecule has 4 aromatic rings. The second-order valence-corrected chi connectivity index (χ2v) is 8.89. The summed E-state index contributed by atoms with van der Waals surface area (Å²) in [6.45, 7) is 2.62. The minimum Gasteiger partial charge on any atom is -0.378 e. The number of carbonyl (C=O) groups excluding carboxylic acids is 1. The molecule has 1 aromatic heterocycles. The van der Waals surface area contributed by atoms with E-state index in [4.69, 9.17) is 0 Å². The predicted molar refractivity (Wildman–Crippen MR) is 139 cm³/mol. The Bertz CT molecular complexity index is 1310. The van der Waals surface area contributed by atoms with Gasteiger partial charge in [-0.05, 0) is 59.5 Å². The molecule has 0 saturated carbocycles. The van der Waals surface area contributed by atoms with Crippen LogP contribution in [0.3, 0.4) is 0 Å². The molecule has 1 N–H and O–H groups in total. The summed E-state index contributed by atoms with van der Waals surface area (Å²) in [4.78, 5) is 17.9. The van der Waals surface area contributed by atoms with Gasteiger partial charge in [0.2, 0.25) is 0 Å².